The first-order valence-electron chi connectivity index (χ1n) is 7.88. The minimum absolute atomic E-state index is 0.184. The Kier molecular flexibility index (Phi) is 3.43. The van der Waals surface area contributed by atoms with Crippen molar-refractivity contribution in [2.45, 2.75) is 32.6 Å². The predicted molar refractivity (Wildman–Crippen MR) is 87.4 cm³/mol. The van der Waals surface area contributed by atoms with E-state index in [9.17, 15) is 4.79 Å². The molecular weight excluding hydrogens is 294 g/mol. The summed E-state index contributed by atoms with van der Waals surface area (Å²) >= 11 is 0. The summed E-state index contributed by atoms with van der Waals surface area (Å²) in [5.41, 5.74) is 1.38. The third-order valence-corrected chi connectivity index (χ3v) is 4.15. The van der Waals surface area contributed by atoms with Crippen LogP contribution in [0.3, 0.4) is 0 Å². The van der Waals surface area contributed by atoms with Crippen molar-refractivity contribution >= 4 is 22.1 Å². The average Bonchev–Trinajstić information content (AvgIpc) is 2.86. The van der Waals surface area contributed by atoms with E-state index in [-0.39, 0.29) is 17.8 Å². The number of furan rings is 1. The standard InChI is InChI=1S/C17H19N3O3/c1-10-7-20(8-11(2)22-10)9-14-18-15-12-5-3-4-6-13(12)23-16(15)17(21)19-14/h3-6,10-11H,7-9H2,1-2H3,(H,18,19,21)/t10-,11+. The highest BCUT2D eigenvalue weighted by Gasteiger charge is 2.23. The molecule has 23 heavy (non-hydrogen) atoms. The highest BCUT2D eigenvalue weighted by Crippen LogP contribution is 2.24. The molecule has 3 heterocycles. The molecule has 2 atom stereocenters. The molecule has 0 radical (unpaired) electrons. The van der Waals surface area contributed by atoms with Gasteiger partial charge in [0.2, 0.25) is 5.58 Å². The van der Waals surface area contributed by atoms with Gasteiger partial charge >= 0.3 is 0 Å². The lowest BCUT2D eigenvalue weighted by Crippen LogP contribution is -2.45. The smallest absolute Gasteiger partial charge is 0.294 e. The van der Waals surface area contributed by atoms with Gasteiger partial charge in [-0.3, -0.25) is 9.69 Å². The number of benzene rings is 1. The number of nitrogens with zero attached hydrogens (tertiary/aromatic N) is 2. The van der Waals surface area contributed by atoms with Crippen molar-refractivity contribution in [2.24, 2.45) is 0 Å². The van der Waals surface area contributed by atoms with Crippen LogP contribution >= 0.6 is 0 Å². The van der Waals surface area contributed by atoms with Crippen molar-refractivity contribution in [1.82, 2.24) is 14.9 Å². The van der Waals surface area contributed by atoms with Crippen molar-refractivity contribution in [2.75, 3.05) is 13.1 Å². The highest BCUT2D eigenvalue weighted by atomic mass is 16.5. The number of fused-ring (bicyclic) bond motifs is 3. The lowest BCUT2D eigenvalue weighted by atomic mass is 10.2. The lowest BCUT2D eigenvalue weighted by molar-refractivity contribution is -0.0710. The van der Waals surface area contributed by atoms with Crippen LogP contribution in [-0.2, 0) is 11.3 Å². The van der Waals surface area contributed by atoms with Gasteiger partial charge in [0.1, 0.15) is 16.9 Å². The molecule has 2 aromatic heterocycles. The predicted octanol–water partition coefficient (Wildman–Crippen LogP) is 2.28. The Morgan fingerprint density at radius 1 is 1.26 bits per heavy atom. The van der Waals surface area contributed by atoms with Crippen molar-refractivity contribution in [1.29, 1.82) is 0 Å². The van der Waals surface area contributed by atoms with Gasteiger partial charge in [-0.1, -0.05) is 12.1 Å². The van der Waals surface area contributed by atoms with Crippen molar-refractivity contribution in [3.63, 3.8) is 0 Å². The van der Waals surface area contributed by atoms with Crippen LogP contribution < -0.4 is 5.56 Å². The number of ether oxygens (including phenoxy) is 1. The molecule has 0 unspecified atom stereocenters. The number of nitrogens with one attached hydrogen (secondary N) is 1. The van der Waals surface area contributed by atoms with Crippen molar-refractivity contribution < 1.29 is 9.15 Å². The molecular formula is C17H19N3O3. The first-order chi connectivity index (χ1) is 11.1. The van der Waals surface area contributed by atoms with Gasteiger partial charge in [0.25, 0.3) is 5.56 Å². The Morgan fingerprint density at radius 2 is 2.00 bits per heavy atom. The van der Waals surface area contributed by atoms with E-state index in [1.807, 2.05) is 24.3 Å². The van der Waals surface area contributed by atoms with E-state index in [1.165, 1.54) is 0 Å². The third-order valence-electron chi connectivity index (χ3n) is 4.15. The fourth-order valence-electron chi connectivity index (χ4n) is 3.35. The fraction of sp³-hybridized carbons (Fsp3) is 0.412. The molecule has 6 heteroatoms. The zero-order valence-corrected chi connectivity index (χ0v) is 13.2. The Labute approximate surface area is 133 Å². The fourth-order valence-corrected chi connectivity index (χ4v) is 3.35. The molecule has 0 saturated carbocycles. The normalized spacial score (nSPS) is 22.9. The monoisotopic (exact) mass is 313 g/mol. The molecule has 1 saturated heterocycles. The van der Waals surface area contributed by atoms with E-state index in [0.717, 1.165) is 18.5 Å². The number of morpholine rings is 1. The number of H-pyrrole nitrogens is 1. The van der Waals surface area contributed by atoms with Crippen molar-refractivity contribution in [3.8, 4) is 0 Å². The van der Waals surface area contributed by atoms with E-state index < -0.39 is 0 Å². The van der Waals surface area contributed by atoms with E-state index in [2.05, 4.69) is 28.7 Å². The second kappa shape index (κ2) is 5.47. The third kappa shape index (κ3) is 2.64. The molecule has 4 rings (SSSR count). The maximum atomic E-state index is 12.3. The molecule has 0 bridgehead atoms. The van der Waals surface area contributed by atoms with Crippen LogP contribution in [0.5, 0.6) is 0 Å². The molecule has 3 aromatic rings. The molecule has 1 fully saturated rings. The largest absolute Gasteiger partial charge is 0.449 e. The SMILES string of the molecule is C[C@@H]1CN(Cc2nc3c(oc4ccccc43)c(=O)[nH]2)C[C@H](C)O1. The summed E-state index contributed by atoms with van der Waals surface area (Å²) in [6.45, 7) is 6.39. The molecule has 1 aliphatic rings. The minimum atomic E-state index is -0.226. The van der Waals surface area contributed by atoms with Gasteiger partial charge in [0.15, 0.2) is 0 Å². The van der Waals surface area contributed by atoms with E-state index in [4.69, 9.17) is 9.15 Å². The number of para-hydroxylation sites is 1. The van der Waals surface area contributed by atoms with Gasteiger partial charge < -0.3 is 14.1 Å². The summed E-state index contributed by atoms with van der Waals surface area (Å²) in [4.78, 5) is 22.0. The minimum Gasteiger partial charge on any atom is -0.449 e. The zero-order valence-electron chi connectivity index (χ0n) is 13.2. The maximum Gasteiger partial charge on any atom is 0.294 e. The van der Waals surface area contributed by atoms with Crippen LogP contribution in [-0.4, -0.2) is 40.2 Å². The molecule has 1 aromatic carbocycles. The van der Waals surface area contributed by atoms with E-state index in [0.29, 0.717) is 29.1 Å². The van der Waals surface area contributed by atoms with Crippen LogP contribution in [0.4, 0.5) is 0 Å². The number of aromatic amines is 1. The summed E-state index contributed by atoms with van der Waals surface area (Å²) < 4.78 is 11.4. The summed E-state index contributed by atoms with van der Waals surface area (Å²) in [5, 5.41) is 0.874. The molecule has 0 aliphatic carbocycles. The van der Waals surface area contributed by atoms with Gasteiger partial charge in [-0.25, -0.2) is 4.98 Å². The molecule has 1 N–H and O–H groups in total. The van der Waals surface area contributed by atoms with Crippen LogP contribution in [0.2, 0.25) is 0 Å². The topological polar surface area (TPSA) is 71.4 Å². The van der Waals surface area contributed by atoms with E-state index in [1.54, 1.807) is 0 Å². The van der Waals surface area contributed by atoms with Crippen LogP contribution in [0.15, 0.2) is 33.5 Å². The number of rotatable bonds is 2. The molecule has 0 amide bonds. The van der Waals surface area contributed by atoms with Gasteiger partial charge in [-0.2, -0.15) is 0 Å². The first kappa shape index (κ1) is 14.4. The molecule has 0 spiro atoms. The number of hydrogen-bond donors (Lipinski definition) is 1. The second-order valence-electron chi connectivity index (χ2n) is 6.24. The lowest BCUT2D eigenvalue weighted by Gasteiger charge is -2.34. The van der Waals surface area contributed by atoms with Crippen LogP contribution in [0.25, 0.3) is 22.1 Å². The van der Waals surface area contributed by atoms with Crippen LogP contribution in [0.1, 0.15) is 19.7 Å². The summed E-state index contributed by atoms with van der Waals surface area (Å²) in [6.07, 6.45) is 0.368. The van der Waals surface area contributed by atoms with Gasteiger partial charge in [-0.05, 0) is 26.0 Å². The summed E-state index contributed by atoms with van der Waals surface area (Å²) in [7, 11) is 0. The highest BCUT2D eigenvalue weighted by molar-refractivity contribution is 6.01. The average molecular weight is 313 g/mol. The Bertz CT molecular complexity index is 904. The maximum absolute atomic E-state index is 12.3. The Hall–Kier alpha value is -2.18. The quantitative estimate of drug-likeness (QED) is 0.786. The molecule has 120 valence electrons. The molecule has 1 aliphatic heterocycles. The second-order valence-corrected chi connectivity index (χ2v) is 6.24. The molecule has 6 nitrogen and oxygen atoms in total. The zero-order chi connectivity index (χ0) is 16.0. The Morgan fingerprint density at radius 3 is 2.78 bits per heavy atom. The summed E-state index contributed by atoms with van der Waals surface area (Å²) in [5.74, 6) is 0.662. The first-order valence-corrected chi connectivity index (χ1v) is 7.88. The Balaban J connectivity index is 1.73. The van der Waals surface area contributed by atoms with E-state index >= 15 is 0 Å². The number of aromatic nitrogens is 2. The van der Waals surface area contributed by atoms with Gasteiger partial charge in [0, 0.05) is 18.5 Å². The van der Waals surface area contributed by atoms with Crippen LogP contribution in [0, 0.1) is 0 Å². The van der Waals surface area contributed by atoms with Gasteiger partial charge in [0.05, 0.1) is 18.8 Å². The summed E-state index contributed by atoms with van der Waals surface area (Å²) in [6, 6.07) is 7.58. The van der Waals surface area contributed by atoms with Crippen molar-refractivity contribution in [3.05, 3.63) is 40.4 Å². The van der Waals surface area contributed by atoms with Gasteiger partial charge in [-0.15, -0.1) is 0 Å². The number of hydrogen-bond acceptors (Lipinski definition) is 5.